The van der Waals surface area contributed by atoms with Crippen LogP contribution in [0.1, 0.15) is 56.2 Å². The number of carbonyl (C=O) groups excluding carboxylic acids is 2. The number of likely N-dealkylation sites (tertiary alicyclic amines) is 2. The highest BCUT2D eigenvalue weighted by molar-refractivity contribution is 5.83. The average molecular weight is 460 g/mol. The molecule has 33 heavy (non-hydrogen) atoms. The predicted octanol–water partition coefficient (Wildman–Crippen LogP) is 1.16. The summed E-state index contributed by atoms with van der Waals surface area (Å²) in [6.07, 6.45) is 4.08. The number of aromatic nitrogens is 1. The molecular formula is C23H33N5O5. The third kappa shape index (κ3) is 5.05. The topological polar surface area (TPSA) is 135 Å². The Morgan fingerprint density at radius 1 is 1.15 bits per heavy atom. The number of rotatable bonds is 4. The normalized spacial score (nSPS) is 21.5. The lowest BCUT2D eigenvalue weighted by atomic mass is 9.84. The van der Waals surface area contributed by atoms with Crippen molar-refractivity contribution in [1.29, 1.82) is 0 Å². The van der Waals surface area contributed by atoms with Crippen LogP contribution >= 0.6 is 0 Å². The van der Waals surface area contributed by atoms with E-state index in [9.17, 15) is 24.6 Å². The van der Waals surface area contributed by atoms with E-state index in [0.29, 0.717) is 19.0 Å². The maximum atomic E-state index is 13.0. The molecule has 1 aromatic heterocycles. The number of nitrogens with zero attached hydrogens (tertiary/aromatic N) is 3. The molecule has 0 spiro atoms. The van der Waals surface area contributed by atoms with E-state index in [1.807, 2.05) is 4.90 Å². The zero-order valence-corrected chi connectivity index (χ0v) is 19.0. The van der Waals surface area contributed by atoms with Gasteiger partial charge in [0.1, 0.15) is 5.82 Å². The zero-order valence-electron chi connectivity index (χ0n) is 19.0. The van der Waals surface area contributed by atoms with Crippen LogP contribution in [0.5, 0.6) is 0 Å². The largest absolute Gasteiger partial charge is 0.480 e. The van der Waals surface area contributed by atoms with Gasteiger partial charge in [-0.25, -0.2) is 14.6 Å². The fourth-order valence-corrected chi connectivity index (χ4v) is 5.14. The average Bonchev–Trinajstić information content (AvgIpc) is 2.82. The lowest BCUT2D eigenvalue weighted by Crippen LogP contribution is -2.62. The van der Waals surface area contributed by atoms with Crippen LogP contribution < -0.4 is 10.6 Å². The molecule has 4 heterocycles. The number of urea groups is 1. The molecule has 0 radical (unpaired) electrons. The second-order valence-corrected chi connectivity index (χ2v) is 9.38. The minimum atomic E-state index is -1.58. The molecule has 10 heteroatoms. The molecule has 0 aliphatic carbocycles. The second-order valence-electron chi connectivity index (χ2n) is 9.38. The summed E-state index contributed by atoms with van der Waals surface area (Å²) in [7, 11) is 0. The number of fused-ring (bicyclic) bond motifs is 1. The first-order chi connectivity index (χ1) is 15.8. The van der Waals surface area contributed by atoms with E-state index in [0.717, 1.165) is 43.7 Å². The molecule has 1 aromatic rings. The third-order valence-corrected chi connectivity index (χ3v) is 7.13. The number of aryl methyl sites for hydroxylation is 1. The SMILES string of the molecule is CC(=O)NC(C(=O)O)C1(O)CCN(C(=O)N2CCC(c3ccc4c(n3)NCCC4)CC2)CC1. The summed E-state index contributed by atoms with van der Waals surface area (Å²) >= 11 is 0. The summed E-state index contributed by atoms with van der Waals surface area (Å²) in [5.74, 6) is -0.470. The smallest absolute Gasteiger partial charge is 0.329 e. The van der Waals surface area contributed by atoms with Crippen molar-refractivity contribution in [2.45, 2.75) is 63.0 Å². The van der Waals surface area contributed by atoms with E-state index in [1.54, 1.807) is 4.90 Å². The minimum absolute atomic E-state index is 0.0815. The molecule has 10 nitrogen and oxygen atoms in total. The molecule has 1 unspecified atom stereocenters. The standard InChI is InChI=1S/C23H33N5O5/c1-15(29)25-19(21(30)31)23(33)8-13-28(14-9-23)22(32)27-11-6-16(7-12-27)18-5-4-17-3-2-10-24-20(17)26-18/h4-5,16,19,33H,2-3,6-14H2,1H3,(H,24,26)(H,25,29)(H,30,31). The number of piperidine rings is 2. The molecule has 3 amide bonds. The number of nitrogens with one attached hydrogen (secondary N) is 2. The van der Waals surface area contributed by atoms with Crippen LogP contribution in [0.3, 0.4) is 0 Å². The van der Waals surface area contributed by atoms with Crippen molar-refractivity contribution in [1.82, 2.24) is 20.1 Å². The highest BCUT2D eigenvalue weighted by atomic mass is 16.4. The Kier molecular flexibility index (Phi) is 6.73. The van der Waals surface area contributed by atoms with Crippen LogP contribution in [0.4, 0.5) is 10.6 Å². The van der Waals surface area contributed by atoms with Gasteiger partial charge in [-0.3, -0.25) is 4.79 Å². The number of pyridine rings is 1. The van der Waals surface area contributed by atoms with Gasteiger partial charge in [0, 0.05) is 51.3 Å². The van der Waals surface area contributed by atoms with Crippen molar-refractivity contribution < 1.29 is 24.6 Å². The Balaban J connectivity index is 1.31. The Morgan fingerprint density at radius 2 is 1.82 bits per heavy atom. The first-order valence-electron chi connectivity index (χ1n) is 11.8. The summed E-state index contributed by atoms with van der Waals surface area (Å²) in [6.45, 7) is 3.95. The molecular weight excluding hydrogens is 426 g/mol. The first-order valence-corrected chi connectivity index (χ1v) is 11.8. The molecule has 3 aliphatic rings. The van der Waals surface area contributed by atoms with Crippen LogP contribution in [0, 0.1) is 0 Å². The van der Waals surface area contributed by atoms with Crippen molar-refractivity contribution in [2.75, 3.05) is 38.0 Å². The van der Waals surface area contributed by atoms with Crippen molar-refractivity contribution in [2.24, 2.45) is 0 Å². The number of hydrogen-bond acceptors (Lipinski definition) is 6. The van der Waals surface area contributed by atoms with Gasteiger partial charge in [0.05, 0.1) is 5.60 Å². The van der Waals surface area contributed by atoms with Crippen molar-refractivity contribution >= 4 is 23.7 Å². The molecule has 1 atom stereocenters. The van der Waals surface area contributed by atoms with Crippen molar-refractivity contribution in [3.8, 4) is 0 Å². The van der Waals surface area contributed by atoms with E-state index in [2.05, 4.69) is 22.8 Å². The molecule has 4 N–H and O–H groups in total. The maximum absolute atomic E-state index is 13.0. The van der Waals surface area contributed by atoms with Gasteiger partial charge < -0.3 is 30.6 Å². The number of aliphatic carboxylic acids is 1. The van der Waals surface area contributed by atoms with E-state index < -0.39 is 23.5 Å². The Hall–Kier alpha value is -2.88. The summed E-state index contributed by atoms with van der Waals surface area (Å²) in [6, 6.07) is 2.82. The molecule has 2 saturated heterocycles. The molecule has 3 aliphatic heterocycles. The Morgan fingerprint density at radius 3 is 2.45 bits per heavy atom. The minimum Gasteiger partial charge on any atom is -0.480 e. The predicted molar refractivity (Wildman–Crippen MR) is 121 cm³/mol. The zero-order chi connectivity index (χ0) is 23.6. The summed E-state index contributed by atoms with van der Waals surface area (Å²) < 4.78 is 0. The van der Waals surface area contributed by atoms with Gasteiger partial charge in [0.2, 0.25) is 5.91 Å². The number of hydrogen-bond donors (Lipinski definition) is 4. The fourth-order valence-electron chi connectivity index (χ4n) is 5.14. The van der Waals surface area contributed by atoms with E-state index in [4.69, 9.17) is 4.98 Å². The Bertz CT molecular complexity index is 907. The van der Waals surface area contributed by atoms with Crippen molar-refractivity contribution in [3.05, 3.63) is 23.4 Å². The highest BCUT2D eigenvalue weighted by Crippen LogP contribution is 2.31. The second kappa shape index (κ2) is 9.54. The fraction of sp³-hybridized carbons (Fsp3) is 0.652. The number of aliphatic hydroxyl groups is 1. The number of anilines is 1. The maximum Gasteiger partial charge on any atom is 0.329 e. The molecule has 0 saturated carbocycles. The lowest BCUT2D eigenvalue weighted by Gasteiger charge is -2.43. The summed E-state index contributed by atoms with van der Waals surface area (Å²) in [5, 5.41) is 26.0. The molecule has 4 rings (SSSR count). The monoisotopic (exact) mass is 459 g/mol. The van der Waals surface area contributed by atoms with Gasteiger partial charge in [-0.2, -0.15) is 0 Å². The van der Waals surface area contributed by atoms with Crippen LogP contribution in [0.15, 0.2) is 12.1 Å². The van der Waals surface area contributed by atoms with E-state index >= 15 is 0 Å². The van der Waals surface area contributed by atoms with Gasteiger partial charge in [0.25, 0.3) is 0 Å². The first kappa shape index (κ1) is 23.3. The van der Waals surface area contributed by atoms with E-state index in [-0.39, 0.29) is 32.0 Å². The molecule has 180 valence electrons. The lowest BCUT2D eigenvalue weighted by molar-refractivity contribution is -0.152. The number of carboxylic acid groups (broad SMARTS) is 1. The van der Waals surface area contributed by atoms with Crippen LogP contribution in [-0.2, 0) is 16.0 Å². The van der Waals surface area contributed by atoms with Gasteiger partial charge in [0.15, 0.2) is 6.04 Å². The van der Waals surface area contributed by atoms with Crippen LogP contribution in [-0.4, -0.2) is 87.3 Å². The molecule has 0 bridgehead atoms. The van der Waals surface area contributed by atoms with Crippen molar-refractivity contribution in [3.63, 3.8) is 0 Å². The molecule has 0 aromatic carbocycles. The van der Waals surface area contributed by atoms with Crippen LogP contribution in [0.25, 0.3) is 0 Å². The highest BCUT2D eigenvalue weighted by Gasteiger charge is 2.45. The van der Waals surface area contributed by atoms with Gasteiger partial charge in [-0.15, -0.1) is 0 Å². The van der Waals surface area contributed by atoms with E-state index in [1.165, 1.54) is 12.5 Å². The number of carboxylic acids is 1. The summed E-state index contributed by atoms with van der Waals surface area (Å²) in [5.41, 5.74) is 0.773. The van der Waals surface area contributed by atoms with Gasteiger partial charge >= 0.3 is 12.0 Å². The van der Waals surface area contributed by atoms with Gasteiger partial charge in [-0.05, 0) is 50.2 Å². The number of carbonyl (C=O) groups is 3. The van der Waals surface area contributed by atoms with Crippen LogP contribution in [0.2, 0.25) is 0 Å². The third-order valence-electron chi connectivity index (χ3n) is 7.13. The van der Waals surface area contributed by atoms with Gasteiger partial charge in [-0.1, -0.05) is 6.07 Å². The Labute approximate surface area is 193 Å². The molecule has 2 fully saturated rings. The number of amides is 3. The summed E-state index contributed by atoms with van der Waals surface area (Å²) in [4.78, 5) is 44.3. The quantitative estimate of drug-likeness (QED) is 0.531.